The van der Waals surface area contributed by atoms with Gasteiger partial charge in [-0.15, -0.1) is 0 Å². The van der Waals surface area contributed by atoms with Crippen LogP contribution in [-0.4, -0.2) is 6.61 Å². The molecule has 0 N–H and O–H groups in total. The Morgan fingerprint density at radius 3 is 1.91 bits per heavy atom. The molecule has 0 aliphatic heterocycles. The minimum Gasteiger partial charge on any atom is -0.490 e. The van der Waals surface area contributed by atoms with Crippen LogP contribution in [0.15, 0.2) is 30.3 Å². The molecular weight excluding hydrogens is 452 g/mol. The van der Waals surface area contributed by atoms with Crippen LogP contribution in [0.1, 0.15) is 84.0 Å². The summed E-state index contributed by atoms with van der Waals surface area (Å²) in [6.45, 7) is 2.60. The molecule has 5 heteroatoms. The largest absolute Gasteiger partial charge is 0.490 e. The molecule has 0 aromatic heterocycles. The van der Waals surface area contributed by atoms with Crippen molar-refractivity contribution in [2.24, 2.45) is 23.7 Å². The molecule has 0 radical (unpaired) electrons. The van der Waals surface area contributed by atoms with Crippen molar-refractivity contribution in [3.63, 3.8) is 0 Å². The summed E-state index contributed by atoms with van der Waals surface area (Å²) in [6, 6.07) is 5.96. The molecule has 0 atom stereocenters. The smallest absolute Gasteiger partial charge is 0.201 e. The minimum absolute atomic E-state index is 0.189. The highest BCUT2D eigenvalue weighted by Crippen LogP contribution is 2.43. The van der Waals surface area contributed by atoms with E-state index in [0.717, 1.165) is 36.7 Å². The van der Waals surface area contributed by atoms with Crippen LogP contribution in [0, 0.1) is 46.9 Å². The average molecular weight is 491 g/mol. The number of ether oxygens (including phenoxy) is 1. The first-order valence-corrected chi connectivity index (χ1v) is 13.5. The van der Waals surface area contributed by atoms with E-state index in [1.807, 2.05) is 0 Å². The molecule has 0 bridgehead atoms. The number of hydrogen-bond acceptors (Lipinski definition) is 1. The van der Waals surface area contributed by atoms with Gasteiger partial charge in [0.1, 0.15) is 0 Å². The van der Waals surface area contributed by atoms with Crippen LogP contribution >= 0.6 is 0 Å². The molecule has 0 unspecified atom stereocenters. The van der Waals surface area contributed by atoms with Gasteiger partial charge in [0.15, 0.2) is 23.2 Å². The predicted octanol–water partition coefficient (Wildman–Crippen LogP) is 9.48. The second kappa shape index (κ2) is 12.3. The molecule has 2 aliphatic carbocycles. The van der Waals surface area contributed by atoms with Crippen molar-refractivity contribution in [3.05, 3.63) is 53.6 Å². The van der Waals surface area contributed by atoms with Crippen molar-refractivity contribution >= 4 is 0 Å². The summed E-state index contributed by atoms with van der Waals surface area (Å²) in [6.07, 6.45) is 15.4. The monoisotopic (exact) mass is 490 g/mol. The van der Waals surface area contributed by atoms with Gasteiger partial charge in [0.2, 0.25) is 5.82 Å². The van der Waals surface area contributed by atoms with E-state index in [-0.39, 0.29) is 16.9 Å². The quantitative estimate of drug-likeness (QED) is 0.251. The molecule has 0 heterocycles. The Morgan fingerprint density at radius 2 is 1.29 bits per heavy atom. The maximum absolute atomic E-state index is 14.6. The maximum atomic E-state index is 14.6. The van der Waals surface area contributed by atoms with Crippen molar-refractivity contribution in [1.29, 1.82) is 0 Å². The summed E-state index contributed by atoms with van der Waals surface area (Å²) >= 11 is 0. The lowest BCUT2D eigenvalue weighted by Gasteiger charge is -2.38. The van der Waals surface area contributed by atoms with Crippen molar-refractivity contribution in [1.82, 2.24) is 0 Å². The van der Waals surface area contributed by atoms with Gasteiger partial charge < -0.3 is 4.74 Å². The third-order valence-corrected chi connectivity index (χ3v) is 8.45. The zero-order valence-corrected chi connectivity index (χ0v) is 20.8. The van der Waals surface area contributed by atoms with Crippen LogP contribution in [0.3, 0.4) is 0 Å². The number of rotatable bonds is 9. The topological polar surface area (TPSA) is 9.23 Å². The number of hydrogen-bond donors (Lipinski definition) is 0. The van der Waals surface area contributed by atoms with Crippen LogP contribution in [0.2, 0.25) is 0 Å². The van der Waals surface area contributed by atoms with Crippen molar-refractivity contribution in [3.8, 4) is 16.9 Å². The molecule has 35 heavy (non-hydrogen) atoms. The molecule has 2 fully saturated rings. The van der Waals surface area contributed by atoms with Crippen LogP contribution in [0.5, 0.6) is 5.75 Å². The summed E-state index contributed by atoms with van der Waals surface area (Å²) in [5.41, 5.74) is -0.625. The Kier molecular flexibility index (Phi) is 9.13. The molecular formula is C30H38F4O. The van der Waals surface area contributed by atoms with Gasteiger partial charge in [-0.2, -0.15) is 4.39 Å². The van der Waals surface area contributed by atoms with E-state index in [9.17, 15) is 17.6 Å². The Morgan fingerprint density at radius 1 is 0.686 bits per heavy atom. The Bertz CT molecular complexity index is 959. The highest BCUT2D eigenvalue weighted by molar-refractivity contribution is 5.66. The first-order valence-electron chi connectivity index (χ1n) is 13.5. The van der Waals surface area contributed by atoms with E-state index in [0.29, 0.717) is 12.5 Å². The van der Waals surface area contributed by atoms with Crippen LogP contribution in [0.25, 0.3) is 11.1 Å². The lowest BCUT2D eigenvalue weighted by atomic mass is 9.68. The van der Waals surface area contributed by atoms with Gasteiger partial charge >= 0.3 is 0 Å². The molecule has 2 aromatic carbocycles. The van der Waals surface area contributed by atoms with E-state index in [1.54, 1.807) is 0 Å². The molecule has 0 amide bonds. The van der Waals surface area contributed by atoms with Crippen molar-refractivity contribution < 1.29 is 22.3 Å². The lowest BCUT2D eigenvalue weighted by Crippen LogP contribution is -2.26. The van der Waals surface area contributed by atoms with E-state index in [2.05, 4.69) is 6.92 Å². The van der Waals surface area contributed by atoms with E-state index >= 15 is 0 Å². The van der Waals surface area contributed by atoms with Gasteiger partial charge in [-0.05, 0) is 80.4 Å². The second-order valence-corrected chi connectivity index (χ2v) is 10.7. The standard InChI is InChI=1S/C30H38F4O/c1-2-5-20-9-13-22(14-10-20)23-15-11-21(12-16-23)6-4-19-35-27-18-17-25(29(33)30(27)34)24-7-3-8-26(31)28(24)32/h3,7-8,17-18,20-23H,2,4-6,9-16,19H2,1H3/t20-,21?,22-,23?. The molecule has 4 rings (SSSR count). The van der Waals surface area contributed by atoms with E-state index < -0.39 is 23.3 Å². The fraction of sp³-hybridized carbons (Fsp3) is 0.600. The Labute approximate surface area is 207 Å². The first kappa shape index (κ1) is 26.0. The summed E-state index contributed by atoms with van der Waals surface area (Å²) in [5, 5.41) is 0. The van der Waals surface area contributed by atoms with Gasteiger partial charge in [-0.3, -0.25) is 0 Å². The highest BCUT2D eigenvalue weighted by Gasteiger charge is 2.30. The van der Waals surface area contributed by atoms with Crippen LogP contribution in [-0.2, 0) is 0 Å². The Balaban J connectivity index is 1.20. The SMILES string of the molecule is CCC[C@H]1CC[C@H](C2CCC(CCCOc3ccc(-c4cccc(F)c4F)c(F)c3F)CC2)CC1. The number of benzene rings is 2. The summed E-state index contributed by atoms with van der Waals surface area (Å²) in [4.78, 5) is 0. The summed E-state index contributed by atoms with van der Waals surface area (Å²) in [5.74, 6) is -1.41. The lowest BCUT2D eigenvalue weighted by molar-refractivity contribution is 0.138. The third kappa shape index (κ3) is 6.40. The summed E-state index contributed by atoms with van der Waals surface area (Å²) < 4.78 is 62.1. The van der Waals surface area contributed by atoms with Crippen LogP contribution < -0.4 is 4.74 Å². The zero-order valence-electron chi connectivity index (χ0n) is 20.8. The van der Waals surface area contributed by atoms with Crippen molar-refractivity contribution in [2.75, 3.05) is 6.61 Å². The van der Waals surface area contributed by atoms with Crippen molar-refractivity contribution in [2.45, 2.75) is 84.0 Å². The molecule has 2 aromatic rings. The van der Waals surface area contributed by atoms with E-state index in [1.165, 1.54) is 88.5 Å². The molecule has 2 aliphatic rings. The normalized spacial score (nSPS) is 24.9. The third-order valence-electron chi connectivity index (χ3n) is 8.45. The van der Waals surface area contributed by atoms with Gasteiger partial charge in [0.25, 0.3) is 0 Å². The highest BCUT2D eigenvalue weighted by atomic mass is 19.2. The maximum Gasteiger partial charge on any atom is 0.201 e. The molecule has 192 valence electrons. The molecule has 0 spiro atoms. The van der Waals surface area contributed by atoms with Gasteiger partial charge in [-0.25, -0.2) is 13.2 Å². The molecule has 1 nitrogen and oxygen atoms in total. The summed E-state index contributed by atoms with van der Waals surface area (Å²) in [7, 11) is 0. The first-order chi connectivity index (χ1) is 17.0. The van der Waals surface area contributed by atoms with Gasteiger partial charge in [0, 0.05) is 11.1 Å². The second-order valence-electron chi connectivity index (χ2n) is 10.7. The number of halogens is 4. The van der Waals surface area contributed by atoms with E-state index in [4.69, 9.17) is 4.74 Å². The fourth-order valence-electron chi connectivity index (χ4n) is 6.42. The molecule has 0 saturated heterocycles. The van der Waals surface area contributed by atoms with Crippen LogP contribution in [0.4, 0.5) is 17.6 Å². The zero-order chi connectivity index (χ0) is 24.8. The fourth-order valence-corrected chi connectivity index (χ4v) is 6.42. The van der Waals surface area contributed by atoms with Gasteiger partial charge in [0.05, 0.1) is 6.61 Å². The minimum atomic E-state index is -1.23. The Hall–Kier alpha value is -2.04. The van der Waals surface area contributed by atoms with Gasteiger partial charge in [-0.1, -0.05) is 57.6 Å². The molecule has 2 saturated carbocycles. The predicted molar refractivity (Wildman–Crippen MR) is 132 cm³/mol. The average Bonchev–Trinajstić information content (AvgIpc) is 2.87.